The standard InChI is InChI=1S/C25H25ClN4O2S/c1-15-10-21(32-13-17-11-16(2)33-14-17)22(26)23(31)30(15)18-6-8-27-20(12-18)19-7-9-28-24(29-19)25(3,4)5/h6-12,14H,13H2,1-5H3. The van der Waals surface area contributed by atoms with Crippen molar-refractivity contribution in [3.63, 3.8) is 0 Å². The van der Waals surface area contributed by atoms with Crippen molar-refractivity contribution in [3.05, 3.63) is 85.4 Å². The van der Waals surface area contributed by atoms with Crippen molar-refractivity contribution in [1.82, 2.24) is 19.5 Å². The van der Waals surface area contributed by atoms with Gasteiger partial charge in [0.25, 0.3) is 5.56 Å². The highest BCUT2D eigenvalue weighted by Gasteiger charge is 2.19. The van der Waals surface area contributed by atoms with E-state index in [2.05, 4.69) is 41.8 Å². The van der Waals surface area contributed by atoms with E-state index in [-0.39, 0.29) is 16.0 Å². The van der Waals surface area contributed by atoms with E-state index in [1.165, 1.54) is 4.88 Å². The Labute approximate surface area is 201 Å². The van der Waals surface area contributed by atoms with E-state index in [4.69, 9.17) is 16.3 Å². The second-order valence-electron chi connectivity index (χ2n) is 8.87. The third-order valence-corrected chi connectivity index (χ3v) is 6.33. The van der Waals surface area contributed by atoms with Gasteiger partial charge in [0.1, 0.15) is 23.2 Å². The van der Waals surface area contributed by atoms with Gasteiger partial charge < -0.3 is 4.74 Å². The lowest BCUT2D eigenvalue weighted by Crippen LogP contribution is -2.22. The lowest BCUT2D eigenvalue weighted by Gasteiger charge is -2.17. The number of hydrogen-bond donors (Lipinski definition) is 0. The average molecular weight is 481 g/mol. The quantitative estimate of drug-likeness (QED) is 0.355. The molecule has 0 fully saturated rings. The summed E-state index contributed by atoms with van der Waals surface area (Å²) in [5.41, 5.74) is 3.22. The van der Waals surface area contributed by atoms with Crippen LogP contribution >= 0.6 is 22.9 Å². The minimum absolute atomic E-state index is 0.0444. The number of halogens is 1. The monoisotopic (exact) mass is 480 g/mol. The molecule has 33 heavy (non-hydrogen) atoms. The first-order chi connectivity index (χ1) is 15.6. The summed E-state index contributed by atoms with van der Waals surface area (Å²) in [5, 5.41) is 2.08. The van der Waals surface area contributed by atoms with Crippen LogP contribution < -0.4 is 10.3 Å². The first-order valence-electron chi connectivity index (χ1n) is 10.5. The molecule has 6 nitrogen and oxygen atoms in total. The summed E-state index contributed by atoms with van der Waals surface area (Å²) >= 11 is 8.08. The Morgan fingerprint density at radius 3 is 2.52 bits per heavy atom. The molecule has 0 bridgehead atoms. The third kappa shape index (κ3) is 4.99. The molecule has 0 spiro atoms. The van der Waals surface area contributed by atoms with Gasteiger partial charge in [0.15, 0.2) is 0 Å². The van der Waals surface area contributed by atoms with Crippen LogP contribution in [-0.2, 0) is 12.0 Å². The van der Waals surface area contributed by atoms with Crippen molar-refractivity contribution < 1.29 is 4.74 Å². The molecule has 0 aliphatic rings. The molecule has 0 aliphatic heterocycles. The molecule has 0 atom stereocenters. The van der Waals surface area contributed by atoms with Gasteiger partial charge in [0.05, 0.1) is 17.1 Å². The first-order valence-corrected chi connectivity index (χ1v) is 11.8. The Morgan fingerprint density at radius 1 is 1.06 bits per heavy atom. The molecular weight excluding hydrogens is 456 g/mol. The largest absolute Gasteiger partial charge is 0.487 e. The Bertz CT molecular complexity index is 1370. The van der Waals surface area contributed by atoms with Gasteiger partial charge in [-0.05, 0) is 43.5 Å². The number of rotatable bonds is 5. The number of hydrogen-bond acceptors (Lipinski definition) is 6. The van der Waals surface area contributed by atoms with Crippen molar-refractivity contribution in [2.45, 2.75) is 46.6 Å². The number of aryl methyl sites for hydroxylation is 2. The Balaban J connectivity index is 1.69. The van der Waals surface area contributed by atoms with Crippen molar-refractivity contribution in [1.29, 1.82) is 0 Å². The Kier molecular flexibility index (Phi) is 6.36. The van der Waals surface area contributed by atoms with Crippen LogP contribution in [0.15, 0.2) is 52.9 Å². The number of nitrogens with zero attached hydrogens (tertiary/aromatic N) is 4. The predicted octanol–water partition coefficient (Wildman–Crippen LogP) is 5.90. The van der Waals surface area contributed by atoms with Gasteiger partial charge in [-0.25, -0.2) is 9.97 Å². The fraction of sp³-hybridized carbons (Fsp3) is 0.280. The second kappa shape index (κ2) is 9.08. The molecule has 8 heteroatoms. The van der Waals surface area contributed by atoms with Gasteiger partial charge >= 0.3 is 0 Å². The van der Waals surface area contributed by atoms with Gasteiger partial charge in [-0.3, -0.25) is 14.3 Å². The molecular formula is C25H25ClN4O2S. The van der Waals surface area contributed by atoms with E-state index in [1.54, 1.807) is 40.4 Å². The molecule has 4 aromatic rings. The minimum Gasteiger partial charge on any atom is -0.487 e. The zero-order valence-corrected chi connectivity index (χ0v) is 20.8. The van der Waals surface area contributed by atoms with Gasteiger partial charge in [0, 0.05) is 40.0 Å². The highest BCUT2D eigenvalue weighted by atomic mass is 35.5. The third-order valence-electron chi connectivity index (χ3n) is 5.07. The molecule has 0 saturated carbocycles. The summed E-state index contributed by atoms with van der Waals surface area (Å²) < 4.78 is 7.42. The van der Waals surface area contributed by atoms with E-state index in [9.17, 15) is 4.79 Å². The summed E-state index contributed by atoms with van der Waals surface area (Å²) in [4.78, 5) is 27.9. The SMILES string of the molecule is Cc1cc(COc2cc(C)n(-c3ccnc(-c4ccnc(C(C)(C)C)n4)c3)c(=O)c2Cl)cs1. The fourth-order valence-corrected chi connectivity index (χ4v) is 4.29. The smallest absolute Gasteiger partial charge is 0.277 e. The normalized spacial score (nSPS) is 11.6. The van der Waals surface area contributed by atoms with Crippen LogP contribution in [-0.4, -0.2) is 19.5 Å². The molecule has 0 aromatic carbocycles. The first kappa shape index (κ1) is 23.1. The number of ether oxygens (including phenoxy) is 1. The van der Waals surface area contributed by atoms with E-state index in [1.807, 2.05) is 31.4 Å². The van der Waals surface area contributed by atoms with E-state index >= 15 is 0 Å². The topological polar surface area (TPSA) is 69.9 Å². The molecule has 0 unspecified atom stereocenters. The highest BCUT2D eigenvalue weighted by Crippen LogP contribution is 2.27. The van der Waals surface area contributed by atoms with Gasteiger partial charge in [0.2, 0.25) is 0 Å². The highest BCUT2D eigenvalue weighted by molar-refractivity contribution is 7.10. The molecule has 4 heterocycles. The van der Waals surface area contributed by atoms with E-state index in [0.29, 0.717) is 35.1 Å². The zero-order chi connectivity index (χ0) is 23.8. The lowest BCUT2D eigenvalue weighted by atomic mass is 9.95. The molecule has 0 amide bonds. The van der Waals surface area contributed by atoms with Gasteiger partial charge in [-0.15, -0.1) is 11.3 Å². The predicted molar refractivity (Wildman–Crippen MR) is 133 cm³/mol. The fourth-order valence-electron chi connectivity index (χ4n) is 3.40. The molecule has 0 radical (unpaired) electrons. The summed E-state index contributed by atoms with van der Waals surface area (Å²) in [6, 6.07) is 9.25. The second-order valence-corrected chi connectivity index (χ2v) is 10.4. The summed E-state index contributed by atoms with van der Waals surface area (Å²) in [5.74, 6) is 1.10. The van der Waals surface area contributed by atoms with Crippen LogP contribution in [0.2, 0.25) is 5.02 Å². The van der Waals surface area contributed by atoms with Crippen LogP contribution in [0.5, 0.6) is 5.75 Å². The van der Waals surface area contributed by atoms with Crippen molar-refractivity contribution >= 4 is 22.9 Å². The van der Waals surface area contributed by atoms with Crippen LogP contribution in [0.1, 0.15) is 42.7 Å². The Morgan fingerprint density at radius 2 is 1.82 bits per heavy atom. The molecule has 4 aromatic heterocycles. The molecule has 0 N–H and O–H groups in total. The van der Waals surface area contributed by atoms with Crippen molar-refractivity contribution in [3.8, 4) is 22.8 Å². The van der Waals surface area contributed by atoms with E-state index in [0.717, 1.165) is 11.4 Å². The molecule has 0 aliphatic carbocycles. The van der Waals surface area contributed by atoms with Crippen LogP contribution in [0.25, 0.3) is 17.1 Å². The van der Waals surface area contributed by atoms with Crippen LogP contribution in [0.3, 0.4) is 0 Å². The number of thiophene rings is 1. The number of aromatic nitrogens is 4. The maximum atomic E-state index is 13.2. The molecule has 4 rings (SSSR count). The van der Waals surface area contributed by atoms with E-state index < -0.39 is 0 Å². The maximum absolute atomic E-state index is 13.2. The van der Waals surface area contributed by atoms with Gasteiger partial charge in [-0.2, -0.15) is 0 Å². The lowest BCUT2D eigenvalue weighted by molar-refractivity contribution is 0.305. The average Bonchev–Trinajstić information content (AvgIpc) is 3.20. The number of pyridine rings is 2. The summed E-state index contributed by atoms with van der Waals surface area (Å²) in [6.07, 6.45) is 3.39. The zero-order valence-electron chi connectivity index (χ0n) is 19.2. The Hall–Kier alpha value is -3.03. The van der Waals surface area contributed by atoms with Crippen molar-refractivity contribution in [2.75, 3.05) is 0 Å². The summed E-state index contributed by atoms with van der Waals surface area (Å²) in [6.45, 7) is 10.4. The molecule has 170 valence electrons. The maximum Gasteiger partial charge on any atom is 0.277 e. The van der Waals surface area contributed by atoms with Gasteiger partial charge in [-0.1, -0.05) is 32.4 Å². The van der Waals surface area contributed by atoms with Crippen LogP contribution in [0.4, 0.5) is 0 Å². The summed E-state index contributed by atoms with van der Waals surface area (Å²) in [7, 11) is 0. The minimum atomic E-state index is -0.344. The molecule has 0 saturated heterocycles. The van der Waals surface area contributed by atoms with Crippen molar-refractivity contribution in [2.24, 2.45) is 0 Å². The van der Waals surface area contributed by atoms with Crippen LogP contribution in [0, 0.1) is 13.8 Å².